The van der Waals surface area contributed by atoms with Crippen molar-refractivity contribution in [3.8, 4) is 21.6 Å². The Labute approximate surface area is 211 Å². The zero-order valence-corrected chi connectivity index (χ0v) is 20.4. The van der Waals surface area contributed by atoms with Gasteiger partial charge < -0.3 is 9.84 Å². The minimum Gasteiger partial charge on any atom is -0.481 e. The van der Waals surface area contributed by atoms with E-state index in [0.717, 1.165) is 39.2 Å². The van der Waals surface area contributed by atoms with Gasteiger partial charge in [-0.1, -0.05) is 90.2 Å². The number of carbonyl (C=O) groups is 2. The molecule has 1 aliphatic rings. The van der Waals surface area contributed by atoms with Crippen LogP contribution in [0.15, 0.2) is 83.7 Å². The maximum Gasteiger partial charge on any atom is 0.413 e. The number of amides is 1. The van der Waals surface area contributed by atoms with Crippen molar-refractivity contribution in [2.75, 3.05) is 5.32 Å². The number of carboxylic acid groups (broad SMARTS) is 1. The lowest BCUT2D eigenvalue weighted by molar-refractivity contribution is -0.140. The van der Waals surface area contributed by atoms with Crippen LogP contribution in [-0.2, 0) is 28.6 Å². The molecule has 1 aromatic heterocycles. The van der Waals surface area contributed by atoms with E-state index in [-0.39, 0.29) is 11.5 Å². The first-order chi connectivity index (χ1) is 17.4. The highest BCUT2D eigenvalue weighted by Crippen LogP contribution is 2.48. The van der Waals surface area contributed by atoms with Gasteiger partial charge in [-0.3, -0.25) is 19.5 Å². The smallest absolute Gasteiger partial charge is 0.413 e. The Kier molecular flexibility index (Phi) is 6.20. The van der Waals surface area contributed by atoms with E-state index in [1.165, 1.54) is 4.57 Å². The summed E-state index contributed by atoms with van der Waals surface area (Å²) in [6.45, 7) is 0.126. The molecule has 1 aliphatic carbocycles. The van der Waals surface area contributed by atoms with Crippen LogP contribution in [0, 0.1) is 0 Å². The summed E-state index contributed by atoms with van der Waals surface area (Å²) in [5, 5.41) is 12.2. The van der Waals surface area contributed by atoms with Gasteiger partial charge in [-0.2, -0.15) is 0 Å². The summed E-state index contributed by atoms with van der Waals surface area (Å²) in [7, 11) is 1.61. The molecule has 7 nitrogen and oxygen atoms in total. The van der Waals surface area contributed by atoms with Crippen LogP contribution < -0.4 is 10.2 Å². The molecular weight excluding hydrogens is 476 g/mol. The maximum absolute atomic E-state index is 12.4. The zero-order chi connectivity index (χ0) is 25.3. The fourth-order valence-corrected chi connectivity index (χ4v) is 5.13. The molecule has 182 valence electrons. The quantitative estimate of drug-likeness (QED) is 0.342. The number of ether oxygens (including phenoxy) is 1. The van der Waals surface area contributed by atoms with Crippen LogP contribution in [0.3, 0.4) is 0 Å². The van der Waals surface area contributed by atoms with Crippen LogP contribution in [-0.4, -0.2) is 21.7 Å². The van der Waals surface area contributed by atoms with E-state index < -0.39 is 17.5 Å². The number of rotatable bonds is 7. The van der Waals surface area contributed by atoms with E-state index in [4.69, 9.17) is 4.74 Å². The Morgan fingerprint density at radius 3 is 2.11 bits per heavy atom. The SMILES string of the molecule is Cn1c(NC(=O)OCc2ccccc2)c(-c2ccc(-c3ccc(C4(C(=O)O)CC4)cc3)cc2)sc1=O. The number of hydrogen-bond acceptors (Lipinski definition) is 5. The molecule has 1 heterocycles. The number of carbonyl (C=O) groups excluding carboxylic acids is 1. The summed E-state index contributed by atoms with van der Waals surface area (Å²) in [4.78, 5) is 36.8. The molecule has 5 rings (SSSR count). The molecule has 1 fully saturated rings. The molecule has 2 N–H and O–H groups in total. The first-order valence-electron chi connectivity index (χ1n) is 11.5. The van der Waals surface area contributed by atoms with E-state index in [9.17, 15) is 19.5 Å². The van der Waals surface area contributed by atoms with Gasteiger partial charge in [-0.05, 0) is 40.7 Å². The van der Waals surface area contributed by atoms with Gasteiger partial charge in [0.05, 0.1) is 10.3 Å². The number of benzene rings is 3. The normalized spacial score (nSPS) is 13.7. The van der Waals surface area contributed by atoms with Crippen molar-refractivity contribution in [3.63, 3.8) is 0 Å². The lowest BCUT2D eigenvalue weighted by Gasteiger charge is -2.12. The molecule has 4 aromatic rings. The molecule has 0 radical (unpaired) electrons. The Morgan fingerprint density at radius 1 is 0.944 bits per heavy atom. The summed E-state index contributed by atoms with van der Waals surface area (Å²) in [6, 6.07) is 24.7. The predicted octanol–water partition coefficient (Wildman–Crippen LogP) is 5.65. The third kappa shape index (κ3) is 4.55. The standard InChI is InChI=1S/C28H24N2O5S/c1-30-24(29-26(33)35-17-18-5-3-2-4-6-18)23(36-27(30)34)21-9-7-19(8-10-21)20-11-13-22(14-12-20)28(15-16-28)25(31)32/h2-14H,15-17H2,1H3,(H,29,33)(H,31,32). The molecular formula is C28H24N2O5S. The van der Waals surface area contributed by atoms with Gasteiger partial charge in [-0.25, -0.2) is 4.79 Å². The molecule has 36 heavy (non-hydrogen) atoms. The number of hydrogen-bond donors (Lipinski definition) is 2. The van der Waals surface area contributed by atoms with Crippen LogP contribution in [0.25, 0.3) is 21.6 Å². The topological polar surface area (TPSA) is 97.6 Å². The summed E-state index contributed by atoms with van der Waals surface area (Å²) in [5.74, 6) is -0.390. The van der Waals surface area contributed by atoms with Gasteiger partial charge in [0.2, 0.25) is 0 Å². The Morgan fingerprint density at radius 2 is 1.53 bits per heavy atom. The second-order valence-electron chi connectivity index (χ2n) is 8.83. The molecule has 0 spiro atoms. The van der Waals surface area contributed by atoms with Gasteiger partial charge in [-0.15, -0.1) is 0 Å². The van der Waals surface area contributed by atoms with E-state index in [1.807, 2.05) is 78.9 Å². The van der Waals surface area contributed by atoms with Crippen molar-refractivity contribution in [3.05, 3.63) is 99.7 Å². The fraction of sp³-hybridized carbons (Fsp3) is 0.179. The second kappa shape index (κ2) is 9.47. The van der Waals surface area contributed by atoms with Crippen molar-refractivity contribution < 1.29 is 19.4 Å². The Hall–Kier alpha value is -4.17. The maximum atomic E-state index is 12.4. The minimum atomic E-state index is -0.769. The number of nitrogens with zero attached hydrogens (tertiary/aromatic N) is 1. The highest BCUT2D eigenvalue weighted by molar-refractivity contribution is 7.13. The van der Waals surface area contributed by atoms with Gasteiger partial charge >= 0.3 is 16.9 Å². The molecule has 0 saturated heterocycles. The largest absolute Gasteiger partial charge is 0.481 e. The summed E-state index contributed by atoms with van der Waals surface area (Å²) < 4.78 is 6.71. The van der Waals surface area contributed by atoms with Crippen molar-refractivity contribution in [1.29, 1.82) is 0 Å². The highest BCUT2D eigenvalue weighted by Gasteiger charge is 2.51. The number of thiazole rings is 1. The van der Waals surface area contributed by atoms with Crippen LogP contribution in [0.5, 0.6) is 0 Å². The highest BCUT2D eigenvalue weighted by atomic mass is 32.1. The Balaban J connectivity index is 1.33. The third-order valence-electron chi connectivity index (χ3n) is 6.52. The van der Waals surface area contributed by atoms with E-state index in [1.54, 1.807) is 7.05 Å². The van der Waals surface area contributed by atoms with Crippen LogP contribution >= 0.6 is 11.3 Å². The van der Waals surface area contributed by atoms with E-state index in [2.05, 4.69) is 5.32 Å². The molecule has 1 amide bonds. The first kappa shape index (κ1) is 23.6. The molecule has 8 heteroatoms. The number of anilines is 1. The first-order valence-corrected chi connectivity index (χ1v) is 12.3. The number of carboxylic acids is 1. The number of nitrogens with one attached hydrogen (secondary N) is 1. The van der Waals surface area contributed by atoms with Crippen molar-refractivity contribution in [2.45, 2.75) is 24.9 Å². The average Bonchev–Trinajstić information content (AvgIpc) is 3.67. The Bertz CT molecular complexity index is 1470. The van der Waals surface area contributed by atoms with Gasteiger partial charge in [0.25, 0.3) is 0 Å². The summed E-state index contributed by atoms with van der Waals surface area (Å²) in [6.07, 6.45) is 0.707. The monoisotopic (exact) mass is 500 g/mol. The molecule has 0 aliphatic heterocycles. The summed E-state index contributed by atoms with van der Waals surface area (Å²) >= 11 is 1.05. The number of aliphatic carboxylic acids is 1. The van der Waals surface area contributed by atoms with Crippen molar-refractivity contribution in [2.24, 2.45) is 7.05 Å². The van der Waals surface area contributed by atoms with Gasteiger partial charge in [0.1, 0.15) is 12.4 Å². The molecule has 3 aromatic carbocycles. The van der Waals surface area contributed by atoms with Gasteiger partial charge in [0.15, 0.2) is 0 Å². The fourth-order valence-electron chi connectivity index (χ4n) is 4.19. The lowest BCUT2D eigenvalue weighted by atomic mass is 9.93. The van der Waals surface area contributed by atoms with Gasteiger partial charge in [0, 0.05) is 7.05 Å². The number of aromatic nitrogens is 1. The van der Waals surface area contributed by atoms with E-state index >= 15 is 0 Å². The molecule has 0 atom stereocenters. The average molecular weight is 501 g/mol. The summed E-state index contributed by atoms with van der Waals surface area (Å²) in [5.41, 5.74) is 3.70. The van der Waals surface area contributed by atoms with Crippen LogP contribution in [0.4, 0.5) is 10.6 Å². The minimum absolute atomic E-state index is 0.126. The zero-order valence-electron chi connectivity index (χ0n) is 19.6. The third-order valence-corrected chi connectivity index (χ3v) is 7.61. The molecule has 0 bridgehead atoms. The predicted molar refractivity (Wildman–Crippen MR) is 139 cm³/mol. The van der Waals surface area contributed by atoms with Crippen molar-refractivity contribution in [1.82, 2.24) is 4.57 Å². The lowest BCUT2D eigenvalue weighted by Crippen LogP contribution is -2.19. The second-order valence-corrected chi connectivity index (χ2v) is 9.80. The van der Waals surface area contributed by atoms with Crippen molar-refractivity contribution >= 4 is 29.2 Å². The van der Waals surface area contributed by atoms with Crippen LogP contribution in [0.1, 0.15) is 24.0 Å². The molecule has 1 saturated carbocycles. The van der Waals surface area contributed by atoms with E-state index in [0.29, 0.717) is 23.5 Å². The van der Waals surface area contributed by atoms with Crippen LogP contribution in [0.2, 0.25) is 0 Å². The molecule has 0 unspecified atom stereocenters.